The van der Waals surface area contributed by atoms with Crippen molar-refractivity contribution in [2.45, 2.75) is 19.4 Å². The maximum atomic E-state index is 10.6. The first-order chi connectivity index (χ1) is 8.13. The van der Waals surface area contributed by atoms with E-state index in [0.29, 0.717) is 5.82 Å². The summed E-state index contributed by atoms with van der Waals surface area (Å²) in [5.41, 5.74) is 4.93. The van der Waals surface area contributed by atoms with Crippen molar-refractivity contribution in [3.05, 3.63) is 18.2 Å². The number of aliphatic hydroxyl groups excluding tert-OH is 1. The van der Waals surface area contributed by atoms with Crippen molar-refractivity contribution in [1.82, 2.24) is 4.98 Å². The van der Waals surface area contributed by atoms with E-state index < -0.39 is 12.0 Å². The van der Waals surface area contributed by atoms with Gasteiger partial charge in [-0.1, -0.05) is 13.0 Å². The van der Waals surface area contributed by atoms with Crippen molar-refractivity contribution in [3.63, 3.8) is 0 Å². The zero-order valence-electron chi connectivity index (χ0n) is 9.81. The van der Waals surface area contributed by atoms with Gasteiger partial charge in [-0.3, -0.25) is 4.79 Å². The lowest BCUT2D eigenvalue weighted by atomic mass is 10.3. The van der Waals surface area contributed by atoms with Gasteiger partial charge < -0.3 is 21.5 Å². The predicted octanol–water partition coefficient (Wildman–Crippen LogP) is 0.162. The number of aliphatic hydroxyl groups is 1. The Hall–Kier alpha value is -1.82. The Labute approximate surface area is 100 Å². The van der Waals surface area contributed by atoms with Gasteiger partial charge >= 0.3 is 0 Å². The highest BCUT2D eigenvalue weighted by molar-refractivity contribution is 5.79. The van der Waals surface area contributed by atoms with Gasteiger partial charge in [-0.25, -0.2) is 4.98 Å². The lowest BCUT2D eigenvalue weighted by Gasteiger charge is -2.10. The van der Waals surface area contributed by atoms with E-state index in [2.05, 4.69) is 22.5 Å². The van der Waals surface area contributed by atoms with Gasteiger partial charge in [0.2, 0.25) is 5.91 Å². The molecule has 0 aliphatic heterocycles. The quantitative estimate of drug-likeness (QED) is 0.542. The van der Waals surface area contributed by atoms with Crippen LogP contribution in [0.15, 0.2) is 18.2 Å². The summed E-state index contributed by atoms with van der Waals surface area (Å²) in [5.74, 6) is 0.592. The first-order valence-electron chi connectivity index (χ1n) is 5.55. The average molecular weight is 238 g/mol. The molecule has 0 saturated heterocycles. The van der Waals surface area contributed by atoms with Crippen LogP contribution in [0.5, 0.6) is 0 Å². The zero-order chi connectivity index (χ0) is 12.7. The Morgan fingerprint density at radius 2 is 2.12 bits per heavy atom. The molecule has 1 atom stereocenters. The number of hydrogen-bond acceptors (Lipinski definition) is 5. The molecule has 6 heteroatoms. The second kappa shape index (κ2) is 6.70. The third-order valence-electron chi connectivity index (χ3n) is 2.11. The standard InChI is InChI=1S/C11H18N4O2/c1-2-6-13-9-4-3-5-10(15-9)14-7-8(16)11(12)17/h3-5,8,16H,2,6-7H2,1H3,(H2,12,17)(H2,13,14,15). The maximum absolute atomic E-state index is 10.6. The predicted molar refractivity (Wildman–Crippen MR) is 66.7 cm³/mol. The summed E-state index contributed by atoms with van der Waals surface area (Å²) < 4.78 is 0. The molecule has 1 rings (SSSR count). The fraction of sp³-hybridized carbons (Fsp3) is 0.455. The van der Waals surface area contributed by atoms with Gasteiger partial charge in [0, 0.05) is 6.54 Å². The van der Waals surface area contributed by atoms with Gasteiger partial charge in [0.15, 0.2) is 0 Å². The molecule has 0 aliphatic carbocycles. The number of nitrogens with two attached hydrogens (primary N) is 1. The topological polar surface area (TPSA) is 100 Å². The van der Waals surface area contributed by atoms with Crippen LogP contribution in [-0.2, 0) is 4.79 Å². The summed E-state index contributed by atoms with van der Waals surface area (Å²) in [6.45, 7) is 2.97. The normalized spacial score (nSPS) is 11.9. The number of anilines is 2. The van der Waals surface area contributed by atoms with Gasteiger partial charge in [0.25, 0.3) is 0 Å². The molecule has 17 heavy (non-hydrogen) atoms. The van der Waals surface area contributed by atoms with Crippen LogP contribution in [0.1, 0.15) is 13.3 Å². The second-order valence-corrected chi connectivity index (χ2v) is 3.63. The van der Waals surface area contributed by atoms with Crippen LogP contribution < -0.4 is 16.4 Å². The molecule has 0 fully saturated rings. The van der Waals surface area contributed by atoms with Crippen molar-refractivity contribution in [2.75, 3.05) is 23.7 Å². The SMILES string of the molecule is CCCNc1cccc(NCC(O)C(N)=O)n1. The minimum Gasteiger partial charge on any atom is -0.381 e. The Kier molecular flexibility index (Phi) is 5.22. The van der Waals surface area contributed by atoms with Gasteiger partial charge in [-0.2, -0.15) is 0 Å². The number of rotatable bonds is 7. The fourth-order valence-electron chi connectivity index (χ4n) is 1.19. The number of nitrogens with zero attached hydrogens (tertiary/aromatic N) is 1. The molecular weight excluding hydrogens is 220 g/mol. The van der Waals surface area contributed by atoms with Crippen molar-refractivity contribution in [2.24, 2.45) is 5.73 Å². The molecule has 0 saturated carbocycles. The molecule has 94 valence electrons. The smallest absolute Gasteiger partial charge is 0.248 e. The molecule has 1 aromatic heterocycles. The molecule has 1 amide bonds. The summed E-state index contributed by atoms with van der Waals surface area (Å²) in [7, 11) is 0. The third kappa shape index (κ3) is 4.69. The van der Waals surface area contributed by atoms with Crippen molar-refractivity contribution in [3.8, 4) is 0 Å². The van der Waals surface area contributed by atoms with Crippen LogP contribution in [0.25, 0.3) is 0 Å². The Balaban J connectivity index is 2.50. The van der Waals surface area contributed by atoms with Crippen LogP contribution in [-0.4, -0.2) is 35.2 Å². The Bertz CT molecular complexity index is 370. The summed E-state index contributed by atoms with van der Waals surface area (Å²) in [4.78, 5) is 14.9. The van der Waals surface area contributed by atoms with E-state index in [1.54, 1.807) is 6.07 Å². The first kappa shape index (κ1) is 13.2. The molecule has 5 N–H and O–H groups in total. The molecule has 0 aromatic carbocycles. The van der Waals surface area contributed by atoms with E-state index in [-0.39, 0.29) is 6.54 Å². The zero-order valence-corrected chi connectivity index (χ0v) is 9.81. The highest BCUT2D eigenvalue weighted by atomic mass is 16.3. The number of nitrogens with one attached hydrogen (secondary N) is 2. The molecule has 0 bridgehead atoms. The van der Waals surface area contributed by atoms with Crippen LogP contribution in [0.3, 0.4) is 0 Å². The molecule has 0 radical (unpaired) electrons. The third-order valence-corrected chi connectivity index (χ3v) is 2.11. The molecular formula is C11H18N4O2. The lowest BCUT2D eigenvalue weighted by Crippen LogP contribution is -2.34. The van der Waals surface area contributed by atoms with Crippen molar-refractivity contribution >= 4 is 17.5 Å². The monoisotopic (exact) mass is 238 g/mol. The van der Waals surface area contributed by atoms with Gasteiger partial charge in [-0.15, -0.1) is 0 Å². The van der Waals surface area contributed by atoms with E-state index >= 15 is 0 Å². The number of pyridine rings is 1. The molecule has 0 spiro atoms. The van der Waals surface area contributed by atoms with E-state index in [9.17, 15) is 9.90 Å². The average Bonchev–Trinajstić information content (AvgIpc) is 2.33. The summed E-state index contributed by atoms with van der Waals surface area (Å²) in [5, 5.41) is 15.2. The fourth-order valence-corrected chi connectivity index (χ4v) is 1.19. The van der Waals surface area contributed by atoms with Gasteiger partial charge in [-0.05, 0) is 18.6 Å². The van der Waals surface area contributed by atoms with Crippen molar-refractivity contribution < 1.29 is 9.90 Å². The van der Waals surface area contributed by atoms with Crippen LogP contribution in [0.4, 0.5) is 11.6 Å². The lowest BCUT2D eigenvalue weighted by molar-refractivity contribution is -0.125. The van der Waals surface area contributed by atoms with Gasteiger partial charge in [0.05, 0.1) is 6.54 Å². The number of carbonyl (C=O) groups excluding carboxylic acids is 1. The summed E-state index contributed by atoms with van der Waals surface area (Å²) >= 11 is 0. The molecule has 0 aliphatic rings. The number of aromatic nitrogens is 1. The highest BCUT2D eigenvalue weighted by Crippen LogP contribution is 2.08. The largest absolute Gasteiger partial charge is 0.381 e. The minimum atomic E-state index is -1.20. The highest BCUT2D eigenvalue weighted by Gasteiger charge is 2.10. The van der Waals surface area contributed by atoms with Crippen LogP contribution in [0.2, 0.25) is 0 Å². The number of amides is 1. The van der Waals surface area contributed by atoms with E-state index in [0.717, 1.165) is 18.8 Å². The summed E-state index contributed by atoms with van der Waals surface area (Å²) in [6.07, 6.45) is -0.191. The van der Waals surface area contributed by atoms with E-state index in [4.69, 9.17) is 5.73 Å². The minimum absolute atomic E-state index is 0.0551. The molecule has 1 aromatic rings. The Morgan fingerprint density at radius 1 is 1.47 bits per heavy atom. The van der Waals surface area contributed by atoms with E-state index in [1.807, 2.05) is 12.1 Å². The molecule has 1 unspecified atom stereocenters. The summed E-state index contributed by atoms with van der Waals surface area (Å²) in [6, 6.07) is 5.44. The van der Waals surface area contributed by atoms with E-state index in [1.165, 1.54) is 0 Å². The van der Waals surface area contributed by atoms with Crippen LogP contribution in [0, 0.1) is 0 Å². The maximum Gasteiger partial charge on any atom is 0.248 e. The number of carbonyl (C=O) groups is 1. The second-order valence-electron chi connectivity index (χ2n) is 3.63. The number of primary amides is 1. The number of hydrogen-bond donors (Lipinski definition) is 4. The van der Waals surface area contributed by atoms with Crippen LogP contribution >= 0.6 is 0 Å². The molecule has 1 heterocycles. The first-order valence-corrected chi connectivity index (χ1v) is 5.55. The van der Waals surface area contributed by atoms with Crippen molar-refractivity contribution in [1.29, 1.82) is 0 Å². The Morgan fingerprint density at radius 3 is 2.71 bits per heavy atom. The molecule has 6 nitrogen and oxygen atoms in total. The van der Waals surface area contributed by atoms with Gasteiger partial charge in [0.1, 0.15) is 17.7 Å².